The Morgan fingerprint density at radius 1 is 1.00 bits per heavy atom. The molecule has 4 rings (SSSR count). The Bertz CT molecular complexity index is 951. The van der Waals surface area contributed by atoms with Crippen LogP contribution in [0.25, 0.3) is 22.2 Å². The molecular weight excluding hydrogens is 332 g/mol. The molecule has 1 heterocycles. The first-order chi connectivity index (χ1) is 13.1. The number of nitrogens with zero attached hydrogens (tertiary/aromatic N) is 1. The largest absolute Gasteiger partial charge is 0.349 e. The lowest BCUT2D eigenvalue weighted by Crippen LogP contribution is -2.43. The van der Waals surface area contributed by atoms with Gasteiger partial charge >= 0.3 is 0 Å². The third kappa shape index (κ3) is 3.59. The smallest absolute Gasteiger partial charge is 0.252 e. The topological polar surface area (TPSA) is 42.0 Å². The van der Waals surface area contributed by atoms with Crippen molar-refractivity contribution in [2.45, 2.75) is 39.2 Å². The molecule has 0 spiro atoms. The number of hydrogen-bond donors (Lipinski definition) is 1. The van der Waals surface area contributed by atoms with E-state index in [0.717, 1.165) is 28.6 Å². The van der Waals surface area contributed by atoms with Crippen molar-refractivity contribution in [2.24, 2.45) is 11.8 Å². The molecule has 1 N–H and O–H groups in total. The maximum Gasteiger partial charge on any atom is 0.252 e. The van der Waals surface area contributed by atoms with Gasteiger partial charge in [0, 0.05) is 17.0 Å². The number of nitrogens with one attached hydrogen (secondary N) is 1. The highest BCUT2D eigenvalue weighted by molar-refractivity contribution is 6.07. The van der Waals surface area contributed by atoms with Crippen LogP contribution in [0.3, 0.4) is 0 Å². The second-order valence-corrected chi connectivity index (χ2v) is 7.79. The van der Waals surface area contributed by atoms with Crippen LogP contribution in [-0.4, -0.2) is 16.9 Å². The lowest BCUT2D eigenvalue weighted by Gasteiger charge is -2.34. The van der Waals surface area contributed by atoms with Gasteiger partial charge in [-0.05, 0) is 30.4 Å². The van der Waals surface area contributed by atoms with Gasteiger partial charge in [-0.3, -0.25) is 4.79 Å². The summed E-state index contributed by atoms with van der Waals surface area (Å²) in [5.41, 5.74) is 3.43. The van der Waals surface area contributed by atoms with Crippen LogP contribution in [0.4, 0.5) is 0 Å². The molecule has 0 saturated heterocycles. The minimum Gasteiger partial charge on any atom is -0.349 e. The molecule has 0 aliphatic heterocycles. The van der Waals surface area contributed by atoms with Gasteiger partial charge in [0.1, 0.15) is 0 Å². The van der Waals surface area contributed by atoms with Gasteiger partial charge in [0.25, 0.3) is 5.91 Å². The Labute approximate surface area is 160 Å². The zero-order valence-electron chi connectivity index (χ0n) is 16.0. The van der Waals surface area contributed by atoms with Gasteiger partial charge in [-0.2, -0.15) is 0 Å². The third-order valence-electron chi connectivity index (χ3n) is 6.05. The lowest BCUT2D eigenvalue weighted by atomic mass is 9.78. The molecule has 1 aromatic heterocycles. The van der Waals surface area contributed by atoms with Gasteiger partial charge in [-0.1, -0.05) is 75.2 Å². The fraction of sp³-hybridized carbons (Fsp3) is 0.333. The van der Waals surface area contributed by atoms with E-state index in [4.69, 9.17) is 4.98 Å². The summed E-state index contributed by atoms with van der Waals surface area (Å²) >= 11 is 0. The molecule has 138 valence electrons. The molecule has 0 radical (unpaired) electrons. The van der Waals surface area contributed by atoms with Crippen molar-refractivity contribution < 1.29 is 4.79 Å². The lowest BCUT2D eigenvalue weighted by molar-refractivity contribution is 0.0892. The SMILES string of the molecule is C[C@H]1[C@H](C)CCC[C@H]1NC(=O)c1cc(-c2ccccc2)nc2ccccc12. The summed E-state index contributed by atoms with van der Waals surface area (Å²) in [7, 11) is 0. The van der Waals surface area contributed by atoms with Crippen LogP contribution in [0, 0.1) is 11.8 Å². The molecule has 1 aliphatic carbocycles. The van der Waals surface area contributed by atoms with Crippen LogP contribution in [0.1, 0.15) is 43.5 Å². The summed E-state index contributed by atoms with van der Waals surface area (Å²) < 4.78 is 0. The summed E-state index contributed by atoms with van der Waals surface area (Å²) in [5.74, 6) is 1.17. The number of aromatic nitrogens is 1. The van der Waals surface area contributed by atoms with E-state index in [-0.39, 0.29) is 11.9 Å². The Hall–Kier alpha value is -2.68. The number of carbonyl (C=O) groups excluding carboxylic acids is 1. The molecule has 3 atom stereocenters. The minimum atomic E-state index is 0.0109. The average molecular weight is 358 g/mol. The molecule has 1 aliphatic rings. The van der Waals surface area contributed by atoms with Crippen molar-refractivity contribution in [1.29, 1.82) is 0 Å². The molecule has 0 unspecified atom stereocenters. The van der Waals surface area contributed by atoms with Gasteiger partial charge < -0.3 is 5.32 Å². The first kappa shape index (κ1) is 17.7. The summed E-state index contributed by atoms with van der Waals surface area (Å²) in [6.45, 7) is 4.55. The van der Waals surface area contributed by atoms with E-state index in [2.05, 4.69) is 19.2 Å². The standard InChI is InChI=1S/C24H26N2O/c1-16-9-8-14-21(17(16)2)26-24(27)20-15-23(18-10-4-3-5-11-18)25-22-13-7-6-12-19(20)22/h3-7,10-13,15-17,21H,8-9,14H2,1-2H3,(H,26,27)/t16-,17+,21-/m1/s1. The second kappa shape index (κ2) is 7.51. The van der Waals surface area contributed by atoms with Crippen LogP contribution in [0.15, 0.2) is 60.7 Å². The van der Waals surface area contributed by atoms with E-state index < -0.39 is 0 Å². The molecular formula is C24H26N2O. The summed E-state index contributed by atoms with van der Waals surface area (Å²) in [5, 5.41) is 4.23. The molecule has 1 fully saturated rings. The van der Waals surface area contributed by atoms with Crippen LogP contribution in [0.5, 0.6) is 0 Å². The number of rotatable bonds is 3. The van der Waals surface area contributed by atoms with E-state index in [1.165, 1.54) is 12.8 Å². The van der Waals surface area contributed by atoms with E-state index in [1.807, 2.05) is 60.7 Å². The first-order valence-electron chi connectivity index (χ1n) is 9.89. The fourth-order valence-corrected chi connectivity index (χ4v) is 4.15. The van der Waals surface area contributed by atoms with E-state index >= 15 is 0 Å². The Morgan fingerprint density at radius 2 is 1.74 bits per heavy atom. The van der Waals surface area contributed by atoms with Crippen LogP contribution < -0.4 is 5.32 Å². The average Bonchev–Trinajstić information content (AvgIpc) is 2.71. The number of para-hydroxylation sites is 1. The normalized spacial score (nSPS) is 22.5. The molecule has 3 nitrogen and oxygen atoms in total. The van der Waals surface area contributed by atoms with E-state index in [0.29, 0.717) is 17.4 Å². The van der Waals surface area contributed by atoms with Crippen LogP contribution in [-0.2, 0) is 0 Å². The van der Waals surface area contributed by atoms with Crippen LogP contribution >= 0.6 is 0 Å². The number of amides is 1. The zero-order valence-corrected chi connectivity index (χ0v) is 16.0. The van der Waals surface area contributed by atoms with Gasteiger partial charge in [-0.25, -0.2) is 4.98 Å². The fourth-order valence-electron chi connectivity index (χ4n) is 4.15. The van der Waals surface area contributed by atoms with E-state index in [1.54, 1.807) is 0 Å². The molecule has 0 bridgehead atoms. The van der Waals surface area contributed by atoms with Gasteiger partial charge in [-0.15, -0.1) is 0 Å². The third-order valence-corrected chi connectivity index (χ3v) is 6.05. The van der Waals surface area contributed by atoms with Crippen molar-refractivity contribution in [1.82, 2.24) is 10.3 Å². The summed E-state index contributed by atoms with van der Waals surface area (Å²) in [6.07, 6.45) is 3.50. The highest BCUT2D eigenvalue weighted by Gasteiger charge is 2.28. The Morgan fingerprint density at radius 3 is 2.56 bits per heavy atom. The number of fused-ring (bicyclic) bond motifs is 1. The first-order valence-corrected chi connectivity index (χ1v) is 9.89. The van der Waals surface area contributed by atoms with Gasteiger partial charge in [0.2, 0.25) is 0 Å². The highest BCUT2D eigenvalue weighted by Crippen LogP contribution is 2.30. The van der Waals surface area contributed by atoms with E-state index in [9.17, 15) is 4.79 Å². The predicted octanol–water partition coefficient (Wildman–Crippen LogP) is 5.46. The molecule has 2 aromatic carbocycles. The zero-order chi connectivity index (χ0) is 18.8. The second-order valence-electron chi connectivity index (χ2n) is 7.79. The number of carbonyl (C=O) groups is 1. The molecule has 27 heavy (non-hydrogen) atoms. The highest BCUT2D eigenvalue weighted by atomic mass is 16.1. The van der Waals surface area contributed by atoms with Crippen molar-refractivity contribution >= 4 is 16.8 Å². The number of hydrogen-bond acceptors (Lipinski definition) is 2. The van der Waals surface area contributed by atoms with Gasteiger partial charge in [0.05, 0.1) is 16.8 Å². The van der Waals surface area contributed by atoms with Crippen molar-refractivity contribution in [3.63, 3.8) is 0 Å². The van der Waals surface area contributed by atoms with Crippen molar-refractivity contribution in [3.8, 4) is 11.3 Å². The number of pyridine rings is 1. The summed E-state index contributed by atoms with van der Waals surface area (Å²) in [4.78, 5) is 18.0. The maximum atomic E-state index is 13.2. The quantitative estimate of drug-likeness (QED) is 0.676. The summed E-state index contributed by atoms with van der Waals surface area (Å²) in [6, 6.07) is 20.1. The monoisotopic (exact) mass is 358 g/mol. The van der Waals surface area contributed by atoms with Crippen molar-refractivity contribution in [2.75, 3.05) is 0 Å². The minimum absolute atomic E-state index is 0.0109. The maximum absolute atomic E-state index is 13.2. The molecule has 3 heteroatoms. The Balaban J connectivity index is 1.72. The Kier molecular flexibility index (Phi) is 4.93. The van der Waals surface area contributed by atoms with Crippen LogP contribution in [0.2, 0.25) is 0 Å². The van der Waals surface area contributed by atoms with Crippen molar-refractivity contribution in [3.05, 3.63) is 66.2 Å². The molecule has 3 aromatic rings. The molecule has 1 amide bonds. The predicted molar refractivity (Wildman–Crippen MR) is 111 cm³/mol. The molecule has 1 saturated carbocycles. The number of benzene rings is 2. The van der Waals surface area contributed by atoms with Gasteiger partial charge in [0.15, 0.2) is 0 Å².